The monoisotopic (exact) mass is 298 g/mol. The Labute approximate surface area is 123 Å². The molecular formula is C13H18N2O2S2. The van der Waals surface area contributed by atoms with E-state index in [4.69, 9.17) is 22.7 Å². The number of ether oxygens (including phenoxy) is 1. The summed E-state index contributed by atoms with van der Waals surface area (Å²) < 4.78 is 4.87. The van der Waals surface area contributed by atoms with Gasteiger partial charge < -0.3 is 15.8 Å². The maximum absolute atomic E-state index is 11.3. The number of rotatable bonds is 7. The van der Waals surface area contributed by atoms with Crippen molar-refractivity contribution in [3.8, 4) is 0 Å². The van der Waals surface area contributed by atoms with Crippen LogP contribution < -0.4 is 11.1 Å². The number of benzene rings is 1. The van der Waals surface area contributed by atoms with Crippen molar-refractivity contribution in [3.05, 3.63) is 23.8 Å². The van der Waals surface area contributed by atoms with Crippen LogP contribution >= 0.6 is 24.0 Å². The number of hydrogen-bond donors (Lipinski definition) is 2. The van der Waals surface area contributed by atoms with Gasteiger partial charge in [-0.2, -0.15) is 0 Å². The Morgan fingerprint density at radius 2 is 2.26 bits per heavy atom. The molecule has 0 aliphatic heterocycles. The maximum atomic E-state index is 11.3. The van der Waals surface area contributed by atoms with Gasteiger partial charge in [0.15, 0.2) is 0 Å². The summed E-state index contributed by atoms with van der Waals surface area (Å²) in [6, 6.07) is 5.80. The average molecular weight is 298 g/mol. The predicted molar refractivity (Wildman–Crippen MR) is 83.9 cm³/mol. The van der Waals surface area contributed by atoms with E-state index in [2.05, 4.69) is 5.32 Å². The fourth-order valence-electron chi connectivity index (χ4n) is 1.64. The maximum Gasteiger partial charge on any atom is 0.307 e. The first-order chi connectivity index (χ1) is 9.10. The molecule has 0 bridgehead atoms. The molecule has 104 valence electrons. The summed E-state index contributed by atoms with van der Waals surface area (Å²) in [7, 11) is 0. The van der Waals surface area contributed by atoms with Gasteiger partial charge >= 0.3 is 5.97 Å². The number of nitrogens with one attached hydrogen (secondary N) is 1. The summed E-state index contributed by atoms with van der Waals surface area (Å²) in [4.78, 5) is 12.6. The number of esters is 1. The van der Waals surface area contributed by atoms with Crippen LogP contribution in [0.2, 0.25) is 0 Å². The summed E-state index contributed by atoms with van der Waals surface area (Å²) >= 11 is 6.67. The van der Waals surface area contributed by atoms with Crippen molar-refractivity contribution in [2.75, 3.05) is 24.7 Å². The highest BCUT2D eigenvalue weighted by molar-refractivity contribution is 7.98. The minimum Gasteiger partial charge on any atom is -0.466 e. The van der Waals surface area contributed by atoms with E-state index in [1.165, 1.54) is 0 Å². The first-order valence-electron chi connectivity index (χ1n) is 5.96. The van der Waals surface area contributed by atoms with E-state index in [1.54, 1.807) is 18.7 Å². The fourth-order valence-corrected chi connectivity index (χ4v) is 2.56. The van der Waals surface area contributed by atoms with Crippen LogP contribution in [0.25, 0.3) is 0 Å². The highest BCUT2D eigenvalue weighted by atomic mass is 32.2. The van der Waals surface area contributed by atoms with Crippen LogP contribution in [0.1, 0.15) is 18.9 Å². The van der Waals surface area contributed by atoms with Crippen molar-refractivity contribution in [1.82, 2.24) is 0 Å². The van der Waals surface area contributed by atoms with Gasteiger partial charge in [0.05, 0.1) is 13.0 Å². The summed E-state index contributed by atoms with van der Waals surface area (Å²) in [5.41, 5.74) is 7.43. The quantitative estimate of drug-likeness (QED) is 0.458. The van der Waals surface area contributed by atoms with E-state index < -0.39 is 0 Å². The van der Waals surface area contributed by atoms with E-state index >= 15 is 0 Å². The predicted octanol–water partition coefficient (Wildman–Crippen LogP) is 2.41. The molecular weight excluding hydrogens is 280 g/mol. The Morgan fingerprint density at radius 3 is 2.84 bits per heavy atom. The lowest BCUT2D eigenvalue weighted by atomic mass is 10.1. The molecule has 4 nitrogen and oxygen atoms in total. The molecule has 1 aromatic rings. The van der Waals surface area contributed by atoms with Crippen molar-refractivity contribution in [3.63, 3.8) is 0 Å². The van der Waals surface area contributed by atoms with Crippen LogP contribution in [0.15, 0.2) is 23.1 Å². The van der Waals surface area contributed by atoms with Crippen molar-refractivity contribution in [2.24, 2.45) is 5.73 Å². The highest BCUT2D eigenvalue weighted by Gasteiger charge is 2.10. The molecule has 1 rings (SSSR count). The van der Waals surface area contributed by atoms with Gasteiger partial charge in [0.1, 0.15) is 4.99 Å². The van der Waals surface area contributed by atoms with Crippen LogP contribution in [0.4, 0.5) is 5.69 Å². The summed E-state index contributed by atoms with van der Waals surface area (Å²) in [6.45, 7) is 2.68. The van der Waals surface area contributed by atoms with Gasteiger partial charge in [0.25, 0.3) is 0 Å². The number of carbonyl (C=O) groups is 1. The van der Waals surface area contributed by atoms with Crippen molar-refractivity contribution >= 4 is 40.6 Å². The number of carbonyl (C=O) groups excluding carboxylic acids is 1. The van der Waals surface area contributed by atoms with Gasteiger partial charge in [-0.05, 0) is 25.3 Å². The average Bonchev–Trinajstić information content (AvgIpc) is 2.38. The van der Waals surface area contributed by atoms with E-state index in [1.807, 2.05) is 24.5 Å². The first kappa shape index (κ1) is 15.8. The molecule has 0 aliphatic carbocycles. The number of nitrogens with two attached hydrogens (primary N) is 1. The Balaban J connectivity index is 2.73. The zero-order valence-corrected chi connectivity index (χ0v) is 12.7. The van der Waals surface area contributed by atoms with Crippen molar-refractivity contribution in [2.45, 2.75) is 18.2 Å². The minimum atomic E-state index is -0.215. The van der Waals surface area contributed by atoms with Crippen LogP contribution in [0, 0.1) is 0 Å². The van der Waals surface area contributed by atoms with Gasteiger partial charge in [0.2, 0.25) is 0 Å². The normalized spacial score (nSPS) is 10.0. The van der Waals surface area contributed by atoms with E-state index in [0.29, 0.717) is 24.6 Å². The molecule has 3 N–H and O–H groups in total. The summed E-state index contributed by atoms with van der Waals surface area (Å²) in [5.74, 6) is -0.215. The lowest BCUT2D eigenvalue weighted by Gasteiger charge is -2.14. The molecule has 0 saturated heterocycles. The number of anilines is 1. The zero-order chi connectivity index (χ0) is 14.3. The second-order valence-corrected chi connectivity index (χ2v) is 5.02. The van der Waals surface area contributed by atoms with E-state index in [0.717, 1.165) is 16.1 Å². The Bertz CT molecular complexity index is 464. The van der Waals surface area contributed by atoms with Crippen molar-refractivity contribution in [1.29, 1.82) is 0 Å². The molecule has 6 heteroatoms. The standard InChI is InChI=1S/C13H18N2O2S2/c1-3-17-11(16)7-8-15-9-5-4-6-10(19-2)12(9)13(14)18/h4-6,15H,3,7-8H2,1-2H3,(H2,14,18). The second kappa shape index (κ2) is 8.01. The molecule has 0 saturated carbocycles. The van der Waals surface area contributed by atoms with Gasteiger partial charge in [-0.1, -0.05) is 18.3 Å². The first-order valence-corrected chi connectivity index (χ1v) is 7.59. The van der Waals surface area contributed by atoms with Crippen LogP contribution in [-0.2, 0) is 9.53 Å². The van der Waals surface area contributed by atoms with Gasteiger partial charge in [-0.25, -0.2) is 0 Å². The number of hydrogen-bond acceptors (Lipinski definition) is 5. The molecule has 0 heterocycles. The van der Waals surface area contributed by atoms with Gasteiger partial charge in [-0.15, -0.1) is 11.8 Å². The third-order valence-electron chi connectivity index (χ3n) is 2.44. The molecule has 0 aliphatic rings. The Hall–Kier alpha value is -1.27. The SMILES string of the molecule is CCOC(=O)CCNc1cccc(SC)c1C(N)=S. The third-order valence-corrected chi connectivity index (χ3v) is 3.43. The molecule has 0 amide bonds. The number of thiocarbonyl (C=S) groups is 1. The molecule has 0 unspecified atom stereocenters. The fraction of sp³-hybridized carbons (Fsp3) is 0.385. The van der Waals surface area contributed by atoms with Crippen LogP contribution in [-0.4, -0.2) is 30.4 Å². The van der Waals surface area contributed by atoms with Gasteiger partial charge in [-0.3, -0.25) is 4.79 Å². The van der Waals surface area contributed by atoms with Crippen molar-refractivity contribution < 1.29 is 9.53 Å². The summed E-state index contributed by atoms with van der Waals surface area (Å²) in [5, 5.41) is 3.18. The summed E-state index contributed by atoms with van der Waals surface area (Å²) in [6.07, 6.45) is 2.29. The lowest BCUT2D eigenvalue weighted by molar-refractivity contribution is -0.142. The second-order valence-electron chi connectivity index (χ2n) is 3.73. The Kier molecular flexibility index (Phi) is 6.66. The molecule has 0 aromatic heterocycles. The minimum absolute atomic E-state index is 0.215. The van der Waals surface area contributed by atoms with E-state index in [-0.39, 0.29) is 5.97 Å². The highest BCUT2D eigenvalue weighted by Crippen LogP contribution is 2.27. The van der Waals surface area contributed by atoms with Crippen LogP contribution in [0.5, 0.6) is 0 Å². The molecule has 0 atom stereocenters. The molecule has 19 heavy (non-hydrogen) atoms. The number of thioether (sulfide) groups is 1. The molecule has 1 aromatic carbocycles. The molecule has 0 spiro atoms. The third kappa shape index (κ3) is 4.72. The smallest absolute Gasteiger partial charge is 0.307 e. The lowest BCUT2D eigenvalue weighted by Crippen LogP contribution is -2.16. The van der Waals surface area contributed by atoms with E-state index in [9.17, 15) is 4.79 Å². The topological polar surface area (TPSA) is 64.3 Å². The van der Waals surface area contributed by atoms with Crippen LogP contribution in [0.3, 0.4) is 0 Å². The van der Waals surface area contributed by atoms with Gasteiger partial charge in [0, 0.05) is 22.7 Å². The largest absolute Gasteiger partial charge is 0.466 e. The molecule has 0 radical (unpaired) electrons. The molecule has 0 fully saturated rings. The zero-order valence-electron chi connectivity index (χ0n) is 11.1. The Morgan fingerprint density at radius 1 is 1.53 bits per heavy atom.